The van der Waals surface area contributed by atoms with E-state index in [4.69, 9.17) is 4.74 Å². The maximum atomic E-state index is 13.1. The Bertz CT molecular complexity index is 1420. The normalized spacial score (nSPS) is 13.3. The molecule has 33 heavy (non-hydrogen) atoms. The monoisotopic (exact) mass is 437 g/mol. The highest BCUT2D eigenvalue weighted by Gasteiger charge is 2.31. The third-order valence-corrected chi connectivity index (χ3v) is 5.92. The minimum atomic E-state index is -0.566. The van der Waals surface area contributed by atoms with E-state index in [0.29, 0.717) is 33.5 Å². The number of carbonyl (C=O) groups excluding carboxylic acids is 3. The Hall–Kier alpha value is -4.39. The van der Waals surface area contributed by atoms with Crippen molar-refractivity contribution in [1.29, 1.82) is 0 Å². The fourth-order valence-electron chi connectivity index (χ4n) is 4.16. The molecule has 5 rings (SSSR count). The van der Waals surface area contributed by atoms with Gasteiger partial charge in [-0.3, -0.25) is 9.59 Å². The fourth-order valence-corrected chi connectivity index (χ4v) is 4.16. The van der Waals surface area contributed by atoms with E-state index in [1.165, 1.54) is 11.8 Å². The first kappa shape index (κ1) is 20.5. The predicted octanol–water partition coefficient (Wildman–Crippen LogP) is 4.12. The number of methoxy groups -OCH3 is 1. The summed E-state index contributed by atoms with van der Waals surface area (Å²) in [5, 5.41) is 8.47. The highest BCUT2D eigenvalue weighted by molar-refractivity contribution is 6.28. The Labute approximate surface area is 189 Å². The van der Waals surface area contributed by atoms with Gasteiger partial charge in [0.15, 0.2) is 17.3 Å². The molecule has 0 bridgehead atoms. The number of aromatic nitrogens is 3. The van der Waals surface area contributed by atoms with Gasteiger partial charge in [0, 0.05) is 27.8 Å². The smallest absolute Gasteiger partial charge is 0.358 e. The quantitative estimate of drug-likeness (QED) is 0.393. The fraction of sp³-hybridized carbons (Fsp3) is 0.115. The van der Waals surface area contributed by atoms with E-state index in [1.54, 1.807) is 42.5 Å². The molecule has 3 aromatic carbocycles. The van der Waals surface area contributed by atoms with E-state index < -0.39 is 12.0 Å². The number of ketones is 2. The molecule has 7 nitrogen and oxygen atoms in total. The van der Waals surface area contributed by atoms with Gasteiger partial charge in [-0.05, 0) is 24.6 Å². The molecule has 1 aromatic heterocycles. The third-order valence-electron chi connectivity index (χ3n) is 5.92. The Kier molecular flexibility index (Phi) is 4.94. The molecule has 0 saturated heterocycles. The number of carbonyl (C=O) groups is 3. The van der Waals surface area contributed by atoms with Gasteiger partial charge in [-0.25, -0.2) is 9.48 Å². The van der Waals surface area contributed by atoms with E-state index in [1.807, 2.05) is 37.3 Å². The van der Waals surface area contributed by atoms with E-state index in [0.717, 1.165) is 5.56 Å². The summed E-state index contributed by atoms with van der Waals surface area (Å²) in [6.07, 6.45) is 0. The van der Waals surface area contributed by atoms with Crippen LogP contribution in [-0.4, -0.2) is 39.6 Å². The number of fused-ring (bicyclic) bond motifs is 2. The average Bonchev–Trinajstić information content (AvgIpc) is 3.32. The molecule has 0 spiro atoms. The molecule has 0 saturated carbocycles. The number of nitrogens with zero attached hydrogens (tertiary/aromatic N) is 3. The van der Waals surface area contributed by atoms with Crippen molar-refractivity contribution in [1.82, 2.24) is 15.0 Å². The molecule has 1 atom stereocenters. The van der Waals surface area contributed by atoms with Crippen molar-refractivity contribution in [2.75, 3.05) is 7.11 Å². The molecule has 1 heterocycles. The molecule has 0 N–H and O–H groups in total. The summed E-state index contributed by atoms with van der Waals surface area (Å²) < 4.78 is 6.49. The molecule has 1 aliphatic rings. The highest BCUT2D eigenvalue weighted by atomic mass is 16.5. The van der Waals surface area contributed by atoms with Gasteiger partial charge < -0.3 is 4.74 Å². The molecule has 1 unspecified atom stereocenters. The Morgan fingerprint density at radius 3 is 2.12 bits per heavy atom. The number of esters is 1. The van der Waals surface area contributed by atoms with Gasteiger partial charge in [0.25, 0.3) is 0 Å². The largest absolute Gasteiger partial charge is 0.464 e. The zero-order chi connectivity index (χ0) is 23.1. The Morgan fingerprint density at radius 2 is 1.45 bits per heavy atom. The van der Waals surface area contributed by atoms with Crippen molar-refractivity contribution in [2.24, 2.45) is 0 Å². The topological polar surface area (TPSA) is 91.2 Å². The molecular formula is C26H19N3O4. The first-order chi connectivity index (χ1) is 16.0. The van der Waals surface area contributed by atoms with Crippen LogP contribution in [0.25, 0.3) is 11.3 Å². The van der Waals surface area contributed by atoms with Crippen molar-refractivity contribution in [3.8, 4) is 11.3 Å². The SMILES string of the molecule is COC(=O)c1c(-c2ccccc2)nnn1C(C)c1ccc2c(c1)C(=O)c1ccccc1C2=O. The van der Waals surface area contributed by atoms with Gasteiger partial charge in [0.1, 0.15) is 5.69 Å². The van der Waals surface area contributed by atoms with Crippen molar-refractivity contribution in [2.45, 2.75) is 13.0 Å². The minimum Gasteiger partial charge on any atom is -0.464 e. The van der Waals surface area contributed by atoms with Crippen LogP contribution in [0.15, 0.2) is 72.8 Å². The lowest BCUT2D eigenvalue weighted by Gasteiger charge is -2.20. The van der Waals surface area contributed by atoms with E-state index in [-0.39, 0.29) is 17.3 Å². The van der Waals surface area contributed by atoms with Gasteiger partial charge in [-0.1, -0.05) is 65.9 Å². The van der Waals surface area contributed by atoms with Crippen LogP contribution < -0.4 is 0 Å². The summed E-state index contributed by atoms with van der Waals surface area (Å²) in [5.74, 6) is -0.948. The van der Waals surface area contributed by atoms with Crippen LogP contribution in [0.2, 0.25) is 0 Å². The Morgan fingerprint density at radius 1 is 0.848 bits per heavy atom. The van der Waals surface area contributed by atoms with Crippen LogP contribution in [-0.2, 0) is 4.74 Å². The van der Waals surface area contributed by atoms with Crippen molar-refractivity contribution >= 4 is 17.5 Å². The second-order valence-electron chi connectivity index (χ2n) is 7.77. The molecule has 0 aliphatic heterocycles. The molecule has 0 amide bonds. The minimum absolute atomic E-state index is 0.179. The lowest BCUT2D eigenvalue weighted by molar-refractivity contribution is 0.0586. The zero-order valence-electron chi connectivity index (χ0n) is 18.0. The van der Waals surface area contributed by atoms with Gasteiger partial charge in [0.05, 0.1) is 13.2 Å². The van der Waals surface area contributed by atoms with Crippen molar-refractivity contribution < 1.29 is 19.1 Å². The van der Waals surface area contributed by atoms with Crippen LogP contribution in [0, 0.1) is 0 Å². The van der Waals surface area contributed by atoms with E-state index >= 15 is 0 Å². The number of benzene rings is 3. The molecule has 0 radical (unpaired) electrons. The second-order valence-corrected chi connectivity index (χ2v) is 7.77. The first-order valence-electron chi connectivity index (χ1n) is 10.4. The van der Waals surface area contributed by atoms with Gasteiger partial charge in [-0.2, -0.15) is 0 Å². The summed E-state index contributed by atoms with van der Waals surface area (Å²) in [6, 6.07) is 20.7. The second kappa shape index (κ2) is 7.94. The molecule has 4 aromatic rings. The molecule has 0 fully saturated rings. The molecule has 162 valence electrons. The van der Waals surface area contributed by atoms with Crippen molar-refractivity contribution in [3.05, 3.63) is 106 Å². The summed E-state index contributed by atoms with van der Waals surface area (Å²) in [6.45, 7) is 1.85. The summed E-state index contributed by atoms with van der Waals surface area (Å²) in [5.41, 5.74) is 3.57. The standard InChI is InChI=1S/C26H19N3O4/c1-15(29-23(26(32)33-2)22(27-28-29)16-8-4-3-5-9-16)17-12-13-20-21(14-17)25(31)19-11-7-6-10-18(19)24(20)30/h3-15H,1-2H3. The van der Waals surface area contributed by atoms with Crippen LogP contribution in [0.5, 0.6) is 0 Å². The molecule has 7 heteroatoms. The highest BCUT2D eigenvalue weighted by Crippen LogP contribution is 2.31. The van der Waals surface area contributed by atoms with Crippen LogP contribution in [0.3, 0.4) is 0 Å². The number of hydrogen-bond acceptors (Lipinski definition) is 6. The van der Waals surface area contributed by atoms with Gasteiger partial charge >= 0.3 is 5.97 Å². The van der Waals surface area contributed by atoms with Crippen LogP contribution in [0.4, 0.5) is 0 Å². The van der Waals surface area contributed by atoms with E-state index in [2.05, 4.69) is 10.3 Å². The predicted molar refractivity (Wildman–Crippen MR) is 120 cm³/mol. The lowest BCUT2D eigenvalue weighted by Crippen LogP contribution is -2.22. The third kappa shape index (κ3) is 3.25. The maximum Gasteiger partial charge on any atom is 0.358 e. The summed E-state index contributed by atoms with van der Waals surface area (Å²) in [7, 11) is 1.31. The Balaban J connectivity index is 1.60. The summed E-state index contributed by atoms with van der Waals surface area (Å²) in [4.78, 5) is 38.7. The maximum absolute atomic E-state index is 13.1. The summed E-state index contributed by atoms with van der Waals surface area (Å²) >= 11 is 0. The first-order valence-corrected chi connectivity index (χ1v) is 10.4. The van der Waals surface area contributed by atoms with Crippen molar-refractivity contribution in [3.63, 3.8) is 0 Å². The van der Waals surface area contributed by atoms with Gasteiger partial charge in [0.2, 0.25) is 0 Å². The zero-order valence-corrected chi connectivity index (χ0v) is 18.0. The number of hydrogen-bond donors (Lipinski definition) is 0. The lowest BCUT2D eigenvalue weighted by atomic mass is 9.83. The van der Waals surface area contributed by atoms with E-state index in [9.17, 15) is 14.4 Å². The number of rotatable bonds is 4. The molecule has 1 aliphatic carbocycles. The van der Waals surface area contributed by atoms with Crippen LogP contribution in [0.1, 0.15) is 60.9 Å². The van der Waals surface area contributed by atoms with Gasteiger partial charge in [-0.15, -0.1) is 5.10 Å². The molecular weight excluding hydrogens is 418 g/mol. The number of ether oxygens (including phenoxy) is 1. The average molecular weight is 437 g/mol. The van der Waals surface area contributed by atoms with Crippen LogP contribution >= 0.6 is 0 Å².